The van der Waals surface area contributed by atoms with Gasteiger partial charge in [0.15, 0.2) is 0 Å². The fourth-order valence-corrected chi connectivity index (χ4v) is 3.30. The first-order valence-corrected chi connectivity index (χ1v) is 7.88. The minimum atomic E-state index is -0.202. The van der Waals surface area contributed by atoms with Crippen molar-refractivity contribution < 1.29 is 14.6 Å². The smallest absolute Gasteiger partial charge is 0.228 e. The van der Waals surface area contributed by atoms with E-state index in [1.54, 1.807) is 12.6 Å². The molecule has 1 atom stereocenters. The first-order valence-electron chi connectivity index (χ1n) is 6.94. The molecule has 1 aliphatic rings. The number of amides is 1. The van der Waals surface area contributed by atoms with Crippen LogP contribution >= 0.6 is 11.3 Å². The summed E-state index contributed by atoms with van der Waals surface area (Å²) in [5, 5.41) is 11.6. The van der Waals surface area contributed by atoms with Crippen molar-refractivity contribution >= 4 is 17.2 Å². The Morgan fingerprint density at radius 2 is 2.50 bits per heavy atom. The van der Waals surface area contributed by atoms with E-state index in [0.29, 0.717) is 19.6 Å². The number of rotatable bonds is 6. The summed E-state index contributed by atoms with van der Waals surface area (Å²) in [5.74, 6) is 0.103. The molecule has 1 fully saturated rings. The number of likely N-dealkylation sites (tertiary alicyclic amines) is 1. The Morgan fingerprint density at radius 1 is 1.65 bits per heavy atom. The number of thiazole rings is 1. The third-order valence-corrected chi connectivity index (χ3v) is 4.64. The number of hydrogen-bond acceptors (Lipinski definition) is 5. The highest BCUT2D eigenvalue weighted by Crippen LogP contribution is 2.33. The van der Waals surface area contributed by atoms with Crippen LogP contribution in [0.4, 0.5) is 0 Å². The van der Waals surface area contributed by atoms with Gasteiger partial charge in [0, 0.05) is 37.6 Å². The lowest BCUT2D eigenvalue weighted by atomic mass is 9.78. The summed E-state index contributed by atoms with van der Waals surface area (Å²) in [7, 11) is 1.67. The van der Waals surface area contributed by atoms with Gasteiger partial charge in [-0.25, -0.2) is 4.98 Å². The quantitative estimate of drug-likeness (QED) is 0.860. The Labute approximate surface area is 123 Å². The fraction of sp³-hybridized carbons (Fsp3) is 0.714. The third-order valence-electron chi connectivity index (χ3n) is 4.00. The van der Waals surface area contributed by atoms with Gasteiger partial charge in [0.25, 0.3) is 0 Å². The molecule has 0 unspecified atom stereocenters. The third kappa shape index (κ3) is 3.77. The van der Waals surface area contributed by atoms with Crippen molar-refractivity contribution in [1.29, 1.82) is 0 Å². The number of aliphatic hydroxyl groups excluding tert-OH is 1. The van der Waals surface area contributed by atoms with E-state index >= 15 is 0 Å². The van der Waals surface area contributed by atoms with Gasteiger partial charge in [-0.2, -0.15) is 0 Å². The minimum Gasteiger partial charge on any atom is -0.396 e. The Hall–Kier alpha value is -0.980. The molecule has 0 radical (unpaired) electrons. The lowest BCUT2D eigenvalue weighted by Crippen LogP contribution is -2.48. The van der Waals surface area contributed by atoms with E-state index in [1.807, 2.05) is 10.3 Å². The summed E-state index contributed by atoms with van der Waals surface area (Å²) in [4.78, 5) is 18.3. The molecule has 2 rings (SSSR count). The number of piperidine rings is 1. The molecule has 0 spiro atoms. The van der Waals surface area contributed by atoms with Crippen LogP contribution in [0.15, 0.2) is 10.9 Å². The summed E-state index contributed by atoms with van der Waals surface area (Å²) < 4.78 is 5.13. The van der Waals surface area contributed by atoms with E-state index in [2.05, 4.69) is 4.98 Å². The van der Waals surface area contributed by atoms with Gasteiger partial charge in [0.2, 0.25) is 5.91 Å². The molecule has 1 aromatic rings. The maximum atomic E-state index is 12.3. The van der Waals surface area contributed by atoms with Crippen LogP contribution in [0.1, 0.15) is 25.0 Å². The molecular weight excluding hydrogens is 276 g/mol. The number of carbonyl (C=O) groups is 1. The molecule has 5 nitrogen and oxygen atoms in total. The summed E-state index contributed by atoms with van der Waals surface area (Å²) in [6.07, 6.45) is 3.04. The number of hydrogen-bond donors (Lipinski definition) is 1. The van der Waals surface area contributed by atoms with E-state index < -0.39 is 0 Å². The summed E-state index contributed by atoms with van der Waals surface area (Å²) in [6.45, 7) is 2.12. The van der Waals surface area contributed by atoms with Crippen LogP contribution in [0.5, 0.6) is 0 Å². The number of ether oxygens (including phenoxy) is 1. The Balaban J connectivity index is 1.96. The van der Waals surface area contributed by atoms with Gasteiger partial charge >= 0.3 is 0 Å². The highest BCUT2D eigenvalue weighted by atomic mass is 32.1. The molecule has 6 heteroatoms. The van der Waals surface area contributed by atoms with Gasteiger partial charge in [-0.15, -0.1) is 11.3 Å². The predicted octanol–water partition coefficient (Wildman–Crippen LogP) is 1.32. The Morgan fingerprint density at radius 3 is 3.15 bits per heavy atom. The zero-order valence-corrected chi connectivity index (χ0v) is 12.7. The zero-order chi connectivity index (χ0) is 14.4. The van der Waals surface area contributed by atoms with Gasteiger partial charge in [0.1, 0.15) is 0 Å². The monoisotopic (exact) mass is 298 g/mol. The molecule has 1 N–H and O–H groups in total. The van der Waals surface area contributed by atoms with Crippen LogP contribution in [-0.2, 0) is 16.0 Å². The molecule has 0 bridgehead atoms. The SMILES string of the molecule is COCC[C@]1(CO)CCCN(C(=O)Cc2cscn2)C1. The number of aromatic nitrogens is 1. The molecule has 1 aromatic heterocycles. The first kappa shape index (κ1) is 15.4. The second-order valence-electron chi connectivity index (χ2n) is 5.48. The second kappa shape index (κ2) is 7.15. The summed E-state index contributed by atoms with van der Waals surface area (Å²) in [6, 6.07) is 0. The normalized spacial score (nSPS) is 23.0. The van der Waals surface area contributed by atoms with Crippen molar-refractivity contribution in [3.05, 3.63) is 16.6 Å². The van der Waals surface area contributed by atoms with E-state index in [0.717, 1.165) is 31.5 Å². The van der Waals surface area contributed by atoms with E-state index in [1.165, 1.54) is 11.3 Å². The summed E-state index contributed by atoms with van der Waals surface area (Å²) in [5.41, 5.74) is 2.37. The lowest BCUT2D eigenvalue weighted by Gasteiger charge is -2.41. The van der Waals surface area contributed by atoms with E-state index in [-0.39, 0.29) is 17.9 Å². The van der Waals surface area contributed by atoms with Crippen LogP contribution in [0.2, 0.25) is 0 Å². The van der Waals surface area contributed by atoms with Crippen molar-refractivity contribution in [2.45, 2.75) is 25.7 Å². The molecule has 0 aromatic carbocycles. The molecule has 1 amide bonds. The minimum absolute atomic E-state index is 0.103. The largest absolute Gasteiger partial charge is 0.396 e. The van der Waals surface area contributed by atoms with Crippen molar-refractivity contribution in [1.82, 2.24) is 9.88 Å². The van der Waals surface area contributed by atoms with Crippen LogP contribution in [0, 0.1) is 5.41 Å². The second-order valence-corrected chi connectivity index (χ2v) is 6.20. The van der Waals surface area contributed by atoms with Gasteiger partial charge < -0.3 is 14.7 Å². The standard InChI is InChI=1S/C14H22N2O3S/c1-19-6-4-14(10-17)3-2-5-16(9-14)13(18)7-12-8-20-11-15-12/h8,11,17H,2-7,9-10H2,1H3/t14-/m1/s1. The van der Waals surface area contributed by atoms with E-state index in [4.69, 9.17) is 4.74 Å². The highest BCUT2D eigenvalue weighted by molar-refractivity contribution is 7.07. The van der Waals surface area contributed by atoms with Crippen LogP contribution in [-0.4, -0.2) is 54.3 Å². The number of aliphatic hydroxyl groups is 1. The zero-order valence-electron chi connectivity index (χ0n) is 11.9. The van der Waals surface area contributed by atoms with E-state index in [9.17, 15) is 9.90 Å². The highest BCUT2D eigenvalue weighted by Gasteiger charge is 2.36. The van der Waals surface area contributed by atoms with Crippen molar-refractivity contribution in [2.24, 2.45) is 5.41 Å². The van der Waals surface area contributed by atoms with Crippen molar-refractivity contribution in [3.8, 4) is 0 Å². The molecular formula is C14H22N2O3S. The molecule has 2 heterocycles. The molecule has 0 saturated carbocycles. The van der Waals surface area contributed by atoms with Gasteiger partial charge in [-0.05, 0) is 19.3 Å². The van der Waals surface area contributed by atoms with Crippen LogP contribution in [0.3, 0.4) is 0 Å². The fourth-order valence-electron chi connectivity index (χ4n) is 2.74. The average Bonchev–Trinajstić information content (AvgIpc) is 2.98. The average molecular weight is 298 g/mol. The van der Waals surface area contributed by atoms with Gasteiger partial charge in [0.05, 0.1) is 24.2 Å². The van der Waals surface area contributed by atoms with Crippen LogP contribution < -0.4 is 0 Å². The molecule has 20 heavy (non-hydrogen) atoms. The molecule has 0 aliphatic carbocycles. The predicted molar refractivity (Wildman–Crippen MR) is 77.6 cm³/mol. The maximum absolute atomic E-state index is 12.3. The molecule has 112 valence electrons. The van der Waals surface area contributed by atoms with Crippen molar-refractivity contribution in [2.75, 3.05) is 33.4 Å². The molecule has 1 saturated heterocycles. The number of nitrogens with zero attached hydrogens (tertiary/aromatic N) is 2. The van der Waals surface area contributed by atoms with Crippen molar-refractivity contribution in [3.63, 3.8) is 0 Å². The Bertz CT molecular complexity index is 424. The number of methoxy groups -OCH3 is 1. The van der Waals surface area contributed by atoms with Gasteiger partial charge in [-0.1, -0.05) is 0 Å². The maximum Gasteiger partial charge on any atom is 0.228 e. The van der Waals surface area contributed by atoms with Gasteiger partial charge in [-0.3, -0.25) is 4.79 Å². The first-order chi connectivity index (χ1) is 9.69. The lowest BCUT2D eigenvalue weighted by molar-refractivity contribution is -0.135. The molecule has 1 aliphatic heterocycles. The van der Waals surface area contributed by atoms with Crippen LogP contribution in [0.25, 0.3) is 0 Å². The number of carbonyl (C=O) groups excluding carboxylic acids is 1. The Kier molecular flexibility index (Phi) is 5.51. The topological polar surface area (TPSA) is 62.7 Å². The summed E-state index contributed by atoms with van der Waals surface area (Å²) >= 11 is 1.51.